The SMILES string of the molecule is CCOc1ccc(C(=O)COC(=O)/C=C/c2cc(OC)c(OC)c(OC)c2)cc1. The van der Waals surface area contributed by atoms with Crippen molar-refractivity contribution in [3.63, 3.8) is 0 Å². The zero-order chi connectivity index (χ0) is 21.2. The van der Waals surface area contributed by atoms with E-state index >= 15 is 0 Å². The van der Waals surface area contributed by atoms with E-state index in [1.807, 2.05) is 6.92 Å². The summed E-state index contributed by atoms with van der Waals surface area (Å²) in [5, 5.41) is 0. The minimum absolute atomic E-state index is 0.303. The Hall–Kier alpha value is -3.48. The standard InChI is InChI=1S/C22H24O7/c1-5-28-17-9-7-16(8-10-17)18(23)14-29-21(24)11-6-15-12-19(25-2)22(27-4)20(13-15)26-3/h6-13H,5,14H2,1-4H3/b11-6+. The number of hydrogen-bond acceptors (Lipinski definition) is 7. The van der Waals surface area contributed by atoms with E-state index in [1.165, 1.54) is 33.5 Å². The molecule has 0 aromatic heterocycles. The van der Waals surface area contributed by atoms with E-state index in [9.17, 15) is 9.59 Å². The summed E-state index contributed by atoms with van der Waals surface area (Å²) in [7, 11) is 4.52. The maximum Gasteiger partial charge on any atom is 0.331 e. The fourth-order valence-electron chi connectivity index (χ4n) is 2.53. The van der Waals surface area contributed by atoms with E-state index in [0.29, 0.717) is 40.7 Å². The zero-order valence-electron chi connectivity index (χ0n) is 16.9. The number of carbonyl (C=O) groups excluding carboxylic acids is 2. The average Bonchev–Trinajstić information content (AvgIpc) is 2.75. The highest BCUT2D eigenvalue weighted by atomic mass is 16.5. The molecule has 2 aromatic rings. The van der Waals surface area contributed by atoms with Gasteiger partial charge in [-0.25, -0.2) is 4.79 Å². The second kappa shape index (κ2) is 10.8. The van der Waals surface area contributed by atoms with Crippen molar-refractivity contribution in [2.24, 2.45) is 0 Å². The first-order valence-corrected chi connectivity index (χ1v) is 8.93. The smallest absolute Gasteiger partial charge is 0.331 e. The van der Waals surface area contributed by atoms with Crippen LogP contribution in [0, 0.1) is 0 Å². The molecule has 2 rings (SSSR count). The largest absolute Gasteiger partial charge is 0.494 e. The number of benzene rings is 2. The molecule has 0 fully saturated rings. The average molecular weight is 400 g/mol. The van der Waals surface area contributed by atoms with Gasteiger partial charge < -0.3 is 23.7 Å². The van der Waals surface area contributed by atoms with Crippen LogP contribution in [0.3, 0.4) is 0 Å². The molecule has 0 bridgehead atoms. The van der Waals surface area contributed by atoms with Crippen LogP contribution < -0.4 is 18.9 Å². The fraction of sp³-hybridized carbons (Fsp3) is 0.273. The lowest BCUT2D eigenvalue weighted by atomic mass is 10.1. The van der Waals surface area contributed by atoms with Gasteiger partial charge in [-0.3, -0.25) is 4.79 Å². The molecule has 0 aliphatic carbocycles. The molecule has 0 saturated heterocycles. The minimum Gasteiger partial charge on any atom is -0.494 e. The van der Waals surface area contributed by atoms with Gasteiger partial charge in [0, 0.05) is 11.6 Å². The summed E-state index contributed by atoms with van der Waals surface area (Å²) < 4.78 is 26.1. The maximum absolute atomic E-state index is 12.1. The van der Waals surface area contributed by atoms with E-state index in [0.717, 1.165) is 0 Å². The molecule has 0 radical (unpaired) electrons. The summed E-state index contributed by atoms with van der Waals surface area (Å²) in [5.41, 5.74) is 1.09. The van der Waals surface area contributed by atoms with Crippen LogP contribution in [-0.4, -0.2) is 46.3 Å². The van der Waals surface area contributed by atoms with E-state index < -0.39 is 5.97 Å². The molecule has 7 heteroatoms. The van der Waals surface area contributed by atoms with Gasteiger partial charge in [-0.05, 0) is 55.0 Å². The molecule has 7 nitrogen and oxygen atoms in total. The Morgan fingerprint density at radius 3 is 2.07 bits per heavy atom. The quantitative estimate of drug-likeness (QED) is 0.343. The molecule has 0 atom stereocenters. The predicted molar refractivity (Wildman–Crippen MR) is 108 cm³/mol. The molecule has 2 aromatic carbocycles. The fourth-order valence-corrected chi connectivity index (χ4v) is 2.53. The molecule has 0 heterocycles. The molecule has 0 unspecified atom stereocenters. The van der Waals surface area contributed by atoms with Crippen LogP contribution in [0.1, 0.15) is 22.8 Å². The van der Waals surface area contributed by atoms with Gasteiger partial charge in [0.05, 0.1) is 27.9 Å². The molecule has 154 valence electrons. The van der Waals surface area contributed by atoms with Crippen LogP contribution >= 0.6 is 0 Å². The van der Waals surface area contributed by atoms with Crippen LogP contribution in [0.2, 0.25) is 0 Å². The highest BCUT2D eigenvalue weighted by Gasteiger charge is 2.13. The number of rotatable bonds is 10. The summed E-state index contributed by atoms with van der Waals surface area (Å²) >= 11 is 0. The Morgan fingerprint density at radius 1 is 0.931 bits per heavy atom. The van der Waals surface area contributed by atoms with Crippen molar-refractivity contribution in [2.45, 2.75) is 6.92 Å². The Kier molecular flexibility index (Phi) is 8.09. The topological polar surface area (TPSA) is 80.3 Å². The molecule has 0 spiro atoms. The van der Waals surface area contributed by atoms with Gasteiger partial charge >= 0.3 is 5.97 Å². The van der Waals surface area contributed by atoms with Crippen molar-refractivity contribution in [1.29, 1.82) is 0 Å². The number of Topliss-reactive ketones (excluding diaryl/α,β-unsaturated/α-hetero) is 1. The summed E-state index contributed by atoms with van der Waals surface area (Å²) in [4.78, 5) is 24.1. The van der Waals surface area contributed by atoms with Crippen LogP contribution in [-0.2, 0) is 9.53 Å². The zero-order valence-corrected chi connectivity index (χ0v) is 16.9. The van der Waals surface area contributed by atoms with Crippen LogP contribution in [0.15, 0.2) is 42.5 Å². The summed E-state index contributed by atoms with van der Waals surface area (Å²) in [6.07, 6.45) is 2.76. The van der Waals surface area contributed by atoms with Gasteiger partial charge in [0.1, 0.15) is 5.75 Å². The second-order valence-electron chi connectivity index (χ2n) is 5.78. The third-order valence-corrected chi connectivity index (χ3v) is 3.93. The van der Waals surface area contributed by atoms with Gasteiger partial charge in [0.2, 0.25) is 5.75 Å². The van der Waals surface area contributed by atoms with Gasteiger partial charge in [-0.2, -0.15) is 0 Å². The Bertz CT molecular complexity index is 844. The molecule has 0 N–H and O–H groups in total. The Labute approximate surface area is 169 Å². The lowest BCUT2D eigenvalue weighted by Gasteiger charge is -2.12. The van der Waals surface area contributed by atoms with Gasteiger partial charge in [0.15, 0.2) is 23.9 Å². The Balaban J connectivity index is 1.98. The van der Waals surface area contributed by atoms with Crippen molar-refractivity contribution in [3.8, 4) is 23.0 Å². The third-order valence-electron chi connectivity index (χ3n) is 3.93. The molecule has 0 aliphatic rings. The maximum atomic E-state index is 12.1. The summed E-state index contributed by atoms with van der Waals surface area (Å²) in [6, 6.07) is 10.0. The van der Waals surface area contributed by atoms with Crippen LogP contribution in [0.5, 0.6) is 23.0 Å². The molecule has 0 aliphatic heterocycles. The van der Waals surface area contributed by atoms with Crippen molar-refractivity contribution in [1.82, 2.24) is 0 Å². The van der Waals surface area contributed by atoms with Crippen LogP contribution in [0.4, 0.5) is 0 Å². The summed E-state index contributed by atoms with van der Waals surface area (Å²) in [6.45, 7) is 2.07. The number of methoxy groups -OCH3 is 3. The van der Waals surface area contributed by atoms with Crippen molar-refractivity contribution >= 4 is 17.8 Å². The molecule has 0 amide bonds. The number of ketones is 1. The van der Waals surface area contributed by atoms with Gasteiger partial charge in [-0.1, -0.05) is 0 Å². The van der Waals surface area contributed by atoms with E-state index in [2.05, 4.69) is 0 Å². The lowest BCUT2D eigenvalue weighted by molar-refractivity contribution is -0.136. The molecular weight excluding hydrogens is 376 g/mol. The number of esters is 1. The number of carbonyl (C=O) groups is 2. The number of hydrogen-bond donors (Lipinski definition) is 0. The van der Waals surface area contributed by atoms with Crippen molar-refractivity contribution in [2.75, 3.05) is 34.5 Å². The summed E-state index contributed by atoms with van der Waals surface area (Å²) in [5.74, 6) is 1.11. The second-order valence-corrected chi connectivity index (χ2v) is 5.78. The lowest BCUT2D eigenvalue weighted by Crippen LogP contribution is -2.12. The van der Waals surface area contributed by atoms with Crippen molar-refractivity contribution in [3.05, 3.63) is 53.6 Å². The highest BCUT2D eigenvalue weighted by Crippen LogP contribution is 2.38. The first-order valence-electron chi connectivity index (χ1n) is 8.93. The van der Waals surface area contributed by atoms with Crippen molar-refractivity contribution < 1.29 is 33.3 Å². The minimum atomic E-state index is -0.641. The first-order chi connectivity index (χ1) is 14.0. The normalized spacial score (nSPS) is 10.5. The van der Waals surface area contributed by atoms with Gasteiger partial charge in [0.25, 0.3) is 0 Å². The highest BCUT2D eigenvalue weighted by molar-refractivity contribution is 5.99. The predicted octanol–water partition coefficient (Wildman–Crippen LogP) is 3.55. The molecule has 29 heavy (non-hydrogen) atoms. The third kappa shape index (κ3) is 6.00. The Morgan fingerprint density at radius 2 is 1.55 bits per heavy atom. The van der Waals surface area contributed by atoms with E-state index in [4.69, 9.17) is 23.7 Å². The molecular formula is C22H24O7. The van der Waals surface area contributed by atoms with E-state index in [-0.39, 0.29) is 12.4 Å². The number of ether oxygens (including phenoxy) is 5. The first kappa shape index (κ1) is 21.8. The monoisotopic (exact) mass is 400 g/mol. The molecule has 0 saturated carbocycles. The van der Waals surface area contributed by atoms with Gasteiger partial charge in [-0.15, -0.1) is 0 Å². The van der Waals surface area contributed by atoms with Crippen LogP contribution in [0.25, 0.3) is 6.08 Å². The van der Waals surface area contributed by atoms with E-state index in [1.54, 1.807) is 36.4 Å².